The largest absolute Gasteiger partial charge is 0.482 e. The monoisotopic (exact) mass is 328 g/mol. The Labute approximate surface area is 141 Å². The summed E-state index contributed by atoms with van der Waals surface area (Å²) in [5, 5.41) is 0. The Bertz CT molecular complexity index is 666. The van der Waals surface area contributed by atoms with E-state index in [2.05, 4.69) is 4.74 Å². The molecule has 0 saturated heterocycles. The summed E-state index contributed by atoms with van der Waals surface area (Å²) in [6, 6.07) is 17.5. The van der Waals surface area contributed by atoms with Crippen molar-refractivity contribution >= 4 is 11.9 Å². The first-order valence-corrected chi connectivity index (χ1v) is 7.75. The van der Waals surface area contributed by atoms with E-state index in [0.717, 1.165) is 11.1 Å². The van der Waals surface area contributed by atoms with Crippen LogP contribution in [0.2, 0.25) is 0 Å². The van der Waals surface area contributed by atoms with E-state index >= 15 is 0 Å². The summed E-state index contributed by atoms with van der Waals surface area (Å²) < 4.78 is 15.0. The van der Waals surface area contributed by atoms with Crippen molar-refractivity contribution in [2.45, 2.75) is 13.3 Å². The normalized spacial score (nSPS) is 10.0. The molecule has 0 aliphatic heterocycles. The minimum Gasteiger partial charge on any atom is -0.482 e. The smallest absolute Gasteiger partial charge is 0.344 e. The third kappa shape index (κ3) is 5.76. The number of para-hydroxylation sites is 1. The van der Waals surface area contributed by atoms with Crippen LogP contribution in [0.4, 0.5) is 0 Å². The molecule has 5 heteroatoms. The van der Waals surface area contributed by atoms with E-state index in [1.54, 1.807) is 13.0 Å². The van der Waals surface area contributed by atoms with Gasteiger partial charge in [0, 0.05) is 6.42 Å². The minimum absolute atomic E-state index is 0.250. The van der Waals surface area contributed by atoms with Gasteiger partial charge in [0.2, 0.25) is 0 Å². The molecule has 0 radical (unpaired) electrons. The van der Waals surface area contributed by atoms with Gasteiger partial charge in [-0.2, -0.15) is 0 Å². The number of rotatable bonds is 8. The standard InChI is InChI=1S/C19H20O5/c1-2-22-18(20)14-24-19(21)13-23-17-11-7-6-10-16(17)12-15-8-4-3-5-9-15/h3-11H,2,12-14H2,1H3. The molecule has 0 N–H and O–H groups in total. The molecule has 0 atom stereocenters. The first kappa shape index (κ1) is 17.5. The summed E-state index contributed by atoms with van der Waals surface area (Å²) in [6.45, 7) is 1.28. The first-order chi connectivity index (χ1) is 11.7. The summed E-state index contributed by atoms with van der Waals surface area (Å²) in [5.74, 6) is -0.567. The summed E-state index contributed by atoms with van der Waals surface area (Å²) in [5.41, 5.74) is 2.13. The molecule has 24 heavy (non-hydrogen) atoms. The van der Waals surface area contributed by atoms with Crippen molar-refractivity contribution in [3.63, 3.8) is 0 Å². The van der Waals surface area contributed by atoms with E-state index in [-0.39, 0.29) is 13.2 Å². The number of hydrogen-bond donors (Lipinski definition) is 0. The second kappa shape index (κ2) is 9.35. The van der Waals surface area contributed by atoms with Crippen molar-refractivity contribution < 1.29 is 23.8 Å². The maximum absolute atomic E-state index is 11.6. The highest BCUT2D eigenvalue weighted by Crippen LogP contribution is 2.21. The van der Waals surface area contributed by atoms with Crippen molar-refractivity contribution in [1.82, 2.24) is 0 Å². The Morgan fingerprint density at radius 2 is 1.50 bits per heavy atom. The fraction of sp³-hybridized carbons (Fsp3) is 0.263. The van der Waals surface area contributed by atoms with Gasteiger partial charge >= 0.3 is 11.9 Å². The Balaban J connectivity index is 1.88. The number of esters is 2. The van der Waals surface area contributed by atoms with Gasteiger partial charge in [-0.1, -0.05) is 48.5 Å². The molecule has 0 aromatic heterocycles. The number of benzene rings is 2. The fourth-order valence-corrected chi connectivity index (χ4v) is 2.13. The summed E-state index contributed by atoms with van der Waals surface area (Å²) in [4.78, 5) is 22.8. The quantitative estimate of drug-likeness (QED) is 0.697. The molecule has 2 aromatic carbocycles. The maximum atomic E-state index is 11.6. The van der Waals surface area contributed by atoms with Crippen LogP contribution in [0, 0.1) is 0 Å². The van der Waals surface area contributed by atoms with Crippen molar-refractivity contribution in [3.8, 4) is 5.75 Å². The Morgan fingerprint density at radius 1 is 0.833 bits per heavy atom. The molecule has 2 aromatic rings. The van der Waals surface area contributed by atoms with Crippen molar-refractivity contribution in [2.75, 3.05) is 19.8 Å². The molecule has 2 rings (SSSR count). The van der Waals surface area contributed by atoms with Crippen molar-refractivity contribution in [2.24, 2.45) is 0 Å². The van der Waals surface area contributed by atoms with E-state index in [1.807, 2.05) is 48.5 Å². The second-order valence-corrected chi connectivity index (χ2v) is 5.02. The average Bonchev–Trinajstić information content (AvgIpc) is 2.60. The highest BCUT2D eigenvalue weighted by atomic mass is 16.6. The Hall–Kier alpha value is -2.82. The van der Waals surface area contributed by atoms with Gasteiger partial charge in [-0.3, -0.25) is 0 Å². The fourth-order valence-electron chi connectivity index (χ4n) is 2.13. The molecule has 0 bridgehead atoms. The summed E-state index contributed by atoms with van der Waals surface area (Å²) in [7, 11) is 0. The van der Waals surface area contributed by atoms with Crippen LogP contribution in [0.25, 0.3) is 0 Å². The van der Waals surface area contributed by atoms with Crippen molar-refractivity contribution in [1.29, 1.82) is 0 Å². The molecule has 126 valence electrons. The Kier molecular flexibility index (Phi) is 6.83. The summed E-state index contributed by atoms with van der Waals surface area (Å²) >= 11 is 0. The lowest BCUT2D eigenvalue weighted by molar-refractivity contribution is -0.159. The van der Waals surface area contributed by atoms with Crippen molar-refractivity contribution in [3.05, 3.63) is 65.7 Å². The van der Waals surface area contributed by atoms with Gasteiger partial charge in [0.15, 0.2) is 13.2 Å². The van der Waals surface area contributed by atoms with Gasteiger partial charge in [-0.25, -0.2) is 9.59 Å². The lowest BCUT2D eigenvalue weighted by Crippen LogP contribution is -2.21. The van der Waals surface area contributed by atoms with Crippen LogP contribution < -0.4 is 4.74 Å². The van der Waals surface area contributed by atoms with Crippen LogP contribution in [0.15, 0.2) is 54.6 Å². The van der Waals surface area contributed by atoms with E-state index in [1.165, 1.54) is 0 Å². The van der Waals surface area contributed by atoms with Gasteiger partial charge in [-0.05, 0) is 24.1 Å². The maximum Gasteiger partial charge on any atom is 0.344 e. The van der Waals surface area contributed by atoms with Crippen LogP contribution in [0.3, 0.4) is 0 Å². The third-order valence-electron chi connectivity index (χ3n) is 3.21. The molecule has 0 fully saturated rings. The minimum atomic E-state index is -0.613. The number of carbonyl (C=O) groups is 2. The molecule has 0 saturated carbocycles. The number of carbonyl (C=O) groups excluding carboxylic acids is 2. The highest BCUT2D eigenvalue weighted by molar-refractivity contribution is 5.77. The Morgan fingerprint density at radius 3 is 2.25 bits per heavy atom. The lowest BCUT2D eigenvalue weighted by atomic mass is 10.0. The topological polar surface area (TPSA) is 61.8 Å². The van der Waals surface area contributed by atoms with Gasteiger partial charge in [0.05, 0.1) is 6.61 Å². The molecule has 0 unspecified atom stereocenters. The molecule has 0 amide bonds. The van der Waals surface area contributed by atoms with Crippen LogP contribution in [-0.2, 0) is 25.5 Å². The average molecular weight is 328 g/mol. The van der Waals surface area contributed by atoms with Crippen LogP contribution >= 0.6 is 0 Å². The number of ether oxygens (including phenoxy) is 3. The van der Waals surface area contributed by atoms with E-state index in [4.69, 9.17) is 9.47 Å². The lowest BCUT2D eigenvalue weighted by Gasteiger charge is -2.11. The van der Waals surface area contributed by atoms with Gasteiger partial charge in [0.1, 0.15) is 5.75 Å². The molecular weight excluding hydrogens is 308 g/mol. The molecular formula is C19H20O5. The zero-order valence-electron chi connectivity index (χ0n) is 13.6. The molecule has 0 heterocycles. The zero-order chi connectivity index (χ0) is 17.2. The van der Waals surface area contributed by atoms with Crippen LogP contribution in [0.5, 0.6) is 5.75 Å². The van der Waals surface area contributed by atoms with E-state index in [0.29, 0.717) is 12.2 Å². The van der Waals surface area contributed by atoms with Crippen LogP contribution in [-0.4, -0.2) is 31.8 Å². The molecule has 0 aliphatic rings. The molecule has 0 spiro atoms. The first-order valence-electron chi connectivity index (χ1n) is 7.75. The van der Waals surface area contributed by atoms with Gasteiger partial charge in [0.25, 0.3) is 0 Å². The SMILES string of the molecule is CCOC(=O)COC(=O)COc1ccccc1Cc1ccccc1. The highest BCUT2D eigenvalue weighted by Gasteiger charge is 2.10. The van der Waals surface area contributed by atoms with Gasteiger partial charge < -0.3 is 14.2 Å². The molecule has 5 nitrogen and oxygen atoms in total. The predicted octanol–water partition coefficient (Wildman–Crippen LogP) is 2.76. The van der Waals surface area contributed by atoms with Gasteiger partial charge in [-0.15, -0.1) is 0 Å². The van der Waals surface area contributed by atoms with E-state index < -0.39 is 18.5 Å². The predicted molar refractivity (Wildman–Crippen MR) is 88.8 cm³/mol. The number of hydrogen-bond acceptors (Lipinski definition) is 5. The second-order valence-electron chi connectivity index (χ2n) is 5.02. The van der Waals surface area contributed by atoms with E-state index in [9.17, 15) is 9.59 Å². The molecule has 0 aliphatic carbocycles. The summed E-state index contributed by atoms with van der Waals surface area (Å²) in [6.07, 6.45) is 0.703. The van der Waals surface area contributed by atoms with Crippen LogP contribution in [0.1, 0.15) is 18.1 Å². The zero-order valence-corrected chi connectivity index (χ0v) is 13.6. The third-order valence-corrected chi connectivity index (χ3v) is 3.21.